The van der Waals surface area contributed by atoms with E-state index < -0.39 is 10.8 Å². The largest absolute Gasteiger partial charge is 0.487 e. The van der Waals surface area contributed by atoms with Gasteiger partial charge < -0.3 is 10.1 Å². The van der Waals surface area contributed by atoms with Crippen molar-refractivity contribution in [3.8, 4) is 5.75 Å². The molecule has 2 rings (SSSR count). The quantitative estimate of drug-likeness (QED) is 0.673. The molecule has 0 saturated carbocycles. The van der Waals surface area contributed by atoms with Crippen LogP contribution in [0.3, 0.4) is 0 Å². The van der Waals surface area contributed by atoms with Crippen molar-refractivity contribution in [1.29, 1.82) is 0 Å². The van der Waals surface area contributed by atoms with Gasteiger partial charge in [-0.2, -0.15) is 0 Å². The molecule has 0 unspecified atom stereocenters. The molecule has 0 saturated heterocycles. The fourth-order valence-electron chi connectivity index (χ4n) is 1.70. The lowest BCUT2D eigenvalue weighted by atomic mass is 10.1. The van der Waals surface area contributed by atoms with Gasteiger partial charge in [0.1, 0.15) is 5.82 Å². The third-order valence-corrected chi connectivity index (χ3v) is 2.62. The van der Waals surface area contributed by atoms with Crippen molar-refractivity contribution in [2.75, 3.05) is 11.9 Å². The van der Waals surface area contributed by atoms with Crippen LogP contribution in [0.25, 0.3) is 0 Å². The summed E-state index contributed by atoms with van der Waals surface area (Å²) in [6, 6.07) is 9.13. The Kier molecular flexibility index (Phi) is 4.45. The molecule has 7 nitrogen and oxygen atoms in total. The lowest BCUT2D eigenvalue weighted by Gasteiger charge is -2.07. The fraction of sp³-hybridized carbons (Fsp3) is 0.143. The van der Waals surface area contributed by atoms with E-state index in [4.69, 9.17) is 4.74 Å². The topological polar surface area (TPSA) is 94.4 Å². The number of amides is 1. The van der Waals surface area contributed by atoms with Gasteiger partial charge in [0.15, 0.2) is 5.75 Å². The SMILES string of the molecule is CCOc1ccc(C(=O)Nc2ccccn2)cc1[N+](=O)[O-]. The minimum atomic E-state index is -0.581. The zero-order valence-electron chi connectivity index (χ0n) is 11.3. The van der Waals surface area contributed by atoms with Gasteiger partial charge in [-0.3, -0.25) is 14.9 Å². The van der Waals surface area contributed by atoms with E-state index in [1.54, 1.807) is 25.1 Å². The van der Waals surface area contributed by atoms with E-state index in [-0.39, 0.29) is 17.0 Å². The van der Waals surface area contributed by atoms with E-state index in [0.717, 1.165) is 0 Å². The van der Waals surface area contributed by atoms with Crippen LogP contribution in [0.2, 0.25) is 0 Å². The predicted molar refractivity (Wildman–Crippen MR) is 76.5 cm³/mol. The predicted octanol–water partition coefficient (Wildman–Crippen LogP) is 2.64. The van der Waals surface area contributed by atoms with Gasteiger partial charge in [-0.15, -0.1) is 0 Å². The molecule has 1 aromatic heterocycles. The Hall–Kier alpha value is -2.96. The van der Waals surface area contributed by atoms with Crippen molar-refractivity contribution in [3.63, 3.8) is 0 Å². The number of ether oxygens (including phenoxy) is 1. The molecule has 0 spiro atoms. The number of pyridine rings is 1. The average molecular weight is 287 g/mol. The highest BCUT2D eigenvalue weighted by atomic mass is 16.6. The average Bonchev–Trinajstić information content (AvgIpc) is 2.48. The maximum atomic E-state index is 12.0. The van der Waals surface area contributed by atoms with Crippen LogP contribution < -0.4 is 10.1 Å². The maximum Gasteiger partial charge on any atom is 0.311 e. The molecule has 0 atom stereocenters. The molecule has 0 bridgehead atoms. The minimum Gasteiger partial charge on any atom is -0.487 e. The number of nitro benzene ring substituents is 1. The van der Waals surface area contributed by atoms with Crippen LogP contribution in [0.5, 0.6) is 5.75 Å². The first-order valence-corrected chi connectivity index (χ1v) is 6.25. The standard InChI is InChI=1S/C14H13N3O4/c1-2-21-12-7-6-10(9-11(12)17(19)20)14(18)16-13-5-3-4-8-15-13/h3-9H,2H2,1H3,(H,15,16,18). The number of carbonyl (C=O) groups excluding carboxylic acids is 1. The molecule has 0 radical (unpaired) electrons. The highest BCUT2D eigenvalue weighted by Crippen LogP contribution is 2.28. The van der Waals surface area contributed by atoms with Crippen LogP contribution in [0.15, 0.2) is 42.6 Å². The highest BCUT2D eigenvalue weighted by Gasteiger charge is 2.18. The molecule has 7 heteroatoms. The summed E-state index contributed by atoms with van der Waals surface area (Å²) in [4.78, 5) is 26.4. The van der Waals surface area contributed by atoms with Gasteiger partial charge in [-0.1, -0.05) is 6.07 Å². The molecule has 1 amide bonds. The maximum absolute atomic E-state index is 12.0. The van der Waals surface area contributed by atoms with Gasteiger partial charge in [0, 0.05) is 17.8 Å². The van der Waals surface area contributed by atoms with Crippen molar-refractivity contribution in [2.24, 2.45) is 0 Å². The first kappa shape index (κ1) is 14.4. The first-order valence-electron chi connectivity index (χ1n) is 6.25. The molecule has 108 valence electrons. The highest BCUT2D eigenvalue weighted by molar-refractivity contribution is 6.04. The molecule has 1 heterocycles. The van der Waals surface area contributed by atoms with Crippen LogP contribution in [-0.2, 0) is 0 Å². The number of anilines is 1. The Morgan fingerprint density at radius 2 is 2.19 bits per heavy atom. The molecule has 1 N–H and O–H groups in total. The Morgan fingerprint density at radius 1 is 1.38 bits per heavy atom. The number of hydrogen-bond donors (Lipinski definition) is 1. The number of nitrogens with zero attached hydrogens (tertiary/aromatic N) is 2. The molecule has 0 aliphatic heterocycles. The molecule has 21 heavy (non-hydrogen) atoms. The summed E-state index contributed by atoms with van der Waals surface area (Å²) < 4.78 is 5.17. The van der Waals surface area contributed by atoms with Crippen LogP contribution in [0, 0.1) is 10.1 Å². The number of aromatic nitrogens is 1. The normalized spacial score (nSPS) is 9.95. The number of benzene rings is 1. The monoisotopic (exact) mass is 287 g/mol. The van der Waals surface area contributed by atoms with E-state index in [9.17, 15) is 14.9 Å². The van der Waals surface area contributed by atoms with Gasteiger partial charge in [-0.05, 0) is 31.2 Å². The van der Waals surface area contributed by atoms with E-state index >= 15 is 0 Å². The Balaban J connectivity index is 2.25. The van der Waals surface area contributed by atoms with Gasteiger partial charge >= 0.3 is 5.69 Å². The summed E-state index contributed by atoms with van der Waals surface area (Å²) in [5, 5.41) is 13.6. The van der Waals surface area contributed by atoms with Crippen molar-refractivity contribution in [1.82, 2.24) is 4.98 Å². The third-order valence-electron chi connectivity index (χ3n) is 2.62. The van der Waals surface area contributed by atoms with Gasteiger partial charge in [0.25, 0.3) is 5.91 Å². The fourth-order valence-corrected chi connectivity index (χ4v) is 1.70. The second kappa shape index (κ2) is 6.47. The van der Waals surface area contributed by atoms with E-state index in [0.29, 0.717) is 12.4 Å². The van der Waals surface area contributed by atoms with Crippen molar-refractivity contribution in [2.45, 2.75) is 6.92 Å². The van der Waals surface area contributed by atoms with E-state index in [1.807, 2.05) is 0 Å². The molecular formula is C14H13N3O4. The summed E-state index contributed by atoms with van der Waals surface area (Å²) >= 11 is 0. The number of nitrogens with one attached hydrogen (secondary N) is 1. The zero-order valence-corrected chi connectivity index (χ0v) is 11.3. The summed E-state index contributed by atoms with van der Waals surface area (Å²) in [5.74, 6) is 0.0378. The third kappa shape index (κ3) is 3.53. The second-order valence-corrected chi connectivity index (χ2v) is 4.04. The second-order valence-electron chi connectivity index (χ2n) is 4.04. The molecular weight excluding hydrogens is 274 g/mol. The molecule has 0 aliphatic rings. The van der Waals surface area contributed by atoms with Crippen LogP contribution in [0.4, 0.5) is 11.5 Å². The summed E-state index contributed by atoms with van der Waals surface area (Å²) in [6.45, 7) is 2.03. The number of rotatable bonds is 5. The Labute approximate surface area is 120 Å². The van der Waals surface area contributed by atoms with Gasteiger partial charge in [-0.25, -0.2) is 4.98 Å². The van der Waals surface area contributed by atoms with Crippen molar-refractivity contribution >= 4 is 17.4 Å². The zero-order chi connectivity index (χ0) is 15.2. The number of hydrogen-bond acceptors (Lipinski definition) is 5. The summed E-state index contributed by atoms with van der Waals surface area (Å²) in [7, 11) is 0. The van der Waals surface area contributed by atoms with Crippen LogP contribution in [0.1, 0.15) is 17.3 Å². The Morgan fingerprint density at radius 3 is 2.81 bits per heavy atom. The van der Waals surface area contributed by atoms with Gasteiger partial charge in [0.2, 0.25) is 0 Å². The minimum absolute atomic E-state index is 0.136. The lowest BCUT2D eigenvalue weighted by molar-refractivity contribution is -0.385. The summed E-state index contributed by atoms with van der Waals surface area (Å²) in [6.07, 6.45) is 1.54. The summed E-state index contributed by atoms with van der Waals surface area (Å²) in [5.41, 5.74) is -0.0821. The van der Waals surface area contributed by atoms with Crippen molar-refractivity contribution in [3.05, 3.63) is 58.3 Å². The molecule has 2 aromatic rings. The van der Waals surface area contributed by atoms with E-state index in [2.05, 4.69) is 10.3 Å². The Bertz CT molecular complexity index is 659. The van der Waals surface area contributed by atoms with Crippen LogP contribution >= 0.6 is 0 Å². The number of nitro groups is 1. The first-order chi connectivity index (χ1) is 10.1. The van der Waals surface area contributed by atoms with Gasteiger partial charge in [0.05, 0.1) is 11.5 Å². The van der Waals surface area contributed by atoms with Crippen LogP contribution in [-0.4, -0.2) is 22.4 Å². The van der Waals surface area contributed by atoms with E-state index in [1.165, 1.54) is 24.4 Å². The smallest absolute Gasteiger partial charge is 0.311 e. The van der Waals surface area contributed by atoms with Crippen molar-refractivity contribution < 1.29 is 14.5 Å². The number of carbonyl (C=O) groups is 1. The molecule has 0 aliphatic carbocycles. The molecule has 1 aromatic carbocycles. The molecule has 0 fully saturated rings. The lowest BCUT2D eigenvalue weighted by Crippen LogP contribution is -2.13.